The van der Waals surface area contributed by atoms with Gasteiger partial charge in [0.15, 0.2) is 0 Å². The Balaban J connectivity index is 2.37. The molecule has 2 aliphatic carbocycles. The summed E-state index contributed by atoms with van der Waals surface area (Å²) in [4.78, 5) is 0. The van der Waals surface area contributed by atoms with E-state index in [1.165, 1.54) is 37.7 Å². The highest BCUT2D eigenvalue weighted by Crippen LogP contribution is 2.48. The monoisotopic (exact) mass is 204 g/mol. The first-order valence-corrected chi connectivity index (χ1v) is 6.40. The number of hydrogen-bond donors (Lipinski definition) is 0. The first kappa shape index (κ1) is 11.0. The van der Waals surface area contributed by atoms with Crippen molar-refractivity contribution in [3.8, 4) is 0 Å². The van der Waals surface area contributed by atoms with E-state index in [0.29, 0.717) is 5.41 Å². The van der Waals surface area contributed by atoms with Crippen LogP contribution in [0.15, 0.2) is 23.8 Å². The molecule has 0 amide bonds. The third kappa shape index (κ3) is 2.04. The zero-order chi connectivity index (χ0) is 11.1. The molecule has 1 saturated carbocycles. The van der Waals surface area contributed by atoms with Crippen molar-refractivity contribution in [1.82, 2.24) is 0 Å². The molecule has 0 N–H and O–H groups in total. The molecular formula is C15H24. The van der Waals surface area contributed by atoms with Crippen molar-refractivity contribution in [3.05, 3.63) is 23.8 Å². The van der Waals surface area contributed by atoms with E-state index >= 15 is 0 Å². The average Bonchev–Trinajstić information content (AvgIpc) is 2.26. The van der Waals surface area contributed by atoms with Crippen LogP contribution in [-0.2, 0) is 0 Å². The molecule has 0 nitrogen and oxygen atoms in total. The summed E-state index contributed by atoms with van der Waals surface area (Å²) in [5.41, 5.74) is 3.46. The smallest absolute Gasteiger partial charge is 0.0139 e. The van der Waals surface area contributed by atoms with E-state index in [9.17, 15) is 0 Å². The fourth-order valence-corrected chi connectivity index (χ4v) is 3.40. The fraction of sp³-hybridized carbons (Fsp3) is 0.733. The number of rotatable bonds is 0. The fourth-order valence-electron chi connectivity index (χ4n) is 3.40. The maximum Gasteiger partial charge on any atom is -0.0139 e. The molecule has 0 aromatic carbocycles. The summed E-state index contributed by atoms with van der Waals surface area (Å²) in [6.07, 6.45) is 9.14. The van der Waals surface area contributed by atoms with Crippen molar-refractivity contribution < 1.29 is 0 Å². The lowest BCUT2D eigenvalue weighted by atomic mass is 9.69. The normalized spacial score (nSPS) is 35.4. The second kappa shape index (κ2) is 3.81. The van der Waals surface area contributed by atoms with Crippen molar-refractivity contribution in [3.63, 3.8) is 0 Å². The maximum atomic E-state index is 4.15. The van der Waals surface area contributed by atoms with Gasteiger partial charge in [-0.25, -0.2) is 0 Å². The lowest BCUT2D eigenvalue weighted by molar-refractivity contribution is 0.328. The third-order valence-electron chi connectivity index (χ3n) is 4.47. The lowest BCUT2D eigenvalue weighted by Crippen LogP contribution is -2.25. The second-order valence-corrected chi connectivity index (χ2v) is 6.16. The van der Waals surface area contributed by atoms with Crippen LogP contribution in [0.2, 0.25) is 0 Å². The summed E-state index contributed by atoms with van der Waals surface area (Å²) in [7, 11) is 0. The molecule has 84 valence electrons. The number of allylic oxidation sites excluding steroid dienone is 3. The van der Waals surface area contributed by atoms with Crippen LogP contribution < -0.4 is 0 Å². The highest BCUT2D eigenvalue weighted by Gasteiger charge is 2.36. The van der Waals surface area contributed by atoms with E-state index in [-0.39, 0.29) is 0 Å². The zero-order valence-electron chi connectivity index (χ0n) is 10.5. The SMILES string of the molecule is C=C1C=C2C(CC1)C(C)CCCC2(C)C. The third-order valence-corrected chi connectivity index (χ3v) is 4.47. The van der Waals surface area contributed by atoms with Crippen LogP contribution >= 0.6 is 0 Å². The minimum Gasteiger partial charge on any atom is -0.0958 e. The van der Waals surface area contributed by atoms with Gasteiger partial charge in [0, 0.05) is 0 Å². The standard InChI is InChI=1S/C15H24/c1-11-7-8-13-12(2)6-5-9-15(3,4)14(13)10-11/h10,12-13H,1,5-9H2,2-4H3. The quantitative estimate of drug-likeness (QED) is 0.535. The molecule has 0 heterocycles. The summed E-state index contributed by atoms with van der Waals surface area (Å²) in [5, 5.41) is 0. The van der Waals surface area contributed by atoms with Gasteiger partial charge in [-0.2, -0.15) is 0 Å². The van der Waals surface area contributed by atoms with E-state index in [2.05, 4.69) is 33.4 Å². The molecular weight excluding hydrogens is 180 g/mol. The molecule has 1 fully saturated rings. The number of hydrogen-bond acceptors (Lipinski definition) is 0. The van der Waals surface area contributed by atoms with Crippen molar-refractivity contribution in [2.75, 3.05) is 0 Å². The Morgan fingerprint density at radius 2 is 2.07 bits per heavy atom. The predicted molar refractivity (Wildman–Crippen MR) is 66.7 cm³/mol. The van der Waals surface area contributed by atoms with Gasteiger partial charge < -0.3 is 0 Å². The predicted octanol–water partition coefficient (Wildman–Crippen LogP) is 4.73. The average molecular weight is 204 g/mol. The first-order chi connectivity index (χ1) is 7.00. The van der Waals surface area contributed by atoms with Gasteiger partial charge in [-0.1, -0.05) is 57.4 Å². The van der Waals surface area contributed by atoms with Crippen LogP contribution in [0.25, 0.3) is 0 Å². The largest absolute Gasteiger partial charge is 0.0958 e. The molecule has 2 aliphatic rings. The molecule has 2 unspecified atom stereocenters. The molecule has 2 rings (SSSR count). The van der Waals surface area contributed by atoms with Crippen LogP contribution in [0.4, 0.5) is 0 Å². The van der Waals surface area contributed by atoms with E-state index in [4.69, 9.17) is 0 Å². The van der Waals surface area contributed by atoms with Crippen LogP contribution in [0.1, 0.15) is 52.9 Å². The van der Waals surface area contributed by atoms with Gasteiger partial charge in [-0.05, 0) is 36.5 Å². The van der Waals surface area contributed by atoms with E-state index in [0.717, 1.165) is 11.8 Å². The van der Waals surface area contributed by atoms with Crippen LogP contribution in [0, 0.1) is 17.3 Å². The molecule has 15 heavy (non-hydrogen) atoms. The van der Waals surface area contributed by atoms with Gasteiger partial charge in [0.1, 0.15) is 0 Å². The van der Waals surface area contributed by atoms with Gasteiger partial charge in [-0.15, -0.1) is 0 Å². The van der Waals surface area contributed by atoms with Crippen molar-refractivity contribution in [1.29, 1.82) is 0 Å². The second-order valence-electron chi connectivity index (χ2n) is 6.16. The summed E-state index contributed by atoms with van der Waals surface area (Å²) in [6.45, 7) is 11.4. The summed E-state index contributed by atoms with van der Waals surface area (Å²) in [5.74, 6) is 1.72. The van der Waals surface area contributed by atoms with Gasteiger partial charge in [0.2, 0.25) is 0 Å². The molecule has 2 atom stereocenters. The van der Waals surface area contributed by atoms with Crippen molar-refractivity contribution >= 4 is 0 Å². The van der Waals surface area contributed by atoms with E-state index < -0.39 is 0 Å². The molecule has 0 heteroatoms. The highest BCUT2D eigenvalue weighted by atomic mass is 14.4. The van der Waals surface area contributed by atoms with Crippen molar-refractivity contribution in [2.24, 2.45) is 17.3 Å². The Morgan fingerprint density at radius 1 is 1.33 bits per heavy atom. The molecule has 0 radical (unpaired) electrons. The Bertz CT molecular complexity index is 293. The van der Waals surface area contributed by atoms with Gasteiger partial charge in [0.05, 0.1) is 0 Å². The van der Waals surface area contributed by atoms with Crippen molar-refractivity contribution in [2.45, 2.75) is 52.9 Å². The van der Waals surface area contributed by atoms with E-state index in [1.807, 2.05) is 0 Å². The minimum atomic E-state index is 0.415. The topological polar surface area (TPSA) is 0 Å². The summed E-state index contributed by atoms with van der Waals surface area (Å²) >= 11 is 0. The first-order valence-electron chi connectivity index (χ1n) is 6.40. The van der Waals surface area contributed by atoms with Crippen LogP contribution in [-0.4, -0.2) is 0 Å². The molecule has 0 saturated heterocycles. The van der Waals surface area contributed by atoms with Gasteiger partial charge >= 0.3 is 0 Å². The van der Waals surface area contributed by atoms with Gasteiger partial charge in [-0.3, -0.25) is 0 Å². The van der Waals surface area contributed by atoms with Crippen LogP contribution in [0.5, 0.6) is 0 Å². The summed E-state index contributed by atoms with van der Waals surface area (Å²) in [6, 6.07) is 0. The van der Waals surface area contributed by atoms with Crippen LogP contribution in [0.3, 0.4) is 0 Å². The Hall–Kier alpha value is -0.520. The molecule has 0 bridgehead atoms. The Kier molecular flexibility index (Phi) is 2.79. The molecule has 0 aromatic rings. The Labute approximate surface area is 94.5 Å². The maximum absolute atomic E-state index is 4.15. The zero-order valence-corrected chi connectivity index (χ0v) is 10.5. The minimum absolute atomic E-state index is 0.415. The molecule has 0 aromatic heterocycles. The van der Waals surface area contributed by atoms with Gasteiger partial charge in [0.25, 0.3) is 0 Å². The highest BCUT2D eigenvalue weighted by molar-refractivity contribution is 5.31. The number of fused-ring (bicyclic) bond motifs is 1. The lowest BCUT2D eigenvalue weighted by Gasteiger charge is -2.36. The Morgan fingerprint density at radius 3 is 2.80 bits per heavy atom. The van der Waals surface area contributed by atoms with E-state index in [1.54, 1.807) is 5.57 Å². The summed E-state index contributed by atoms with van der Waals surface area (Å²) < 4.78 is 0. The molecule has 0 aliphatic heterocycles. The molecule has 0 spiro atoms.